The fraction of sp³-hybridized carbons (Fsp3) is 0.500. The number of hydrogen-bond donors (Lipinski definition) is 1. The highest BCUT2D eigenvalue weighted by Gasteiger charge is 2.37. The number of rotatable bonds is 2. The van der Waals surface area contributed by atoms with Crippen molar-refractivity contribution in [3.63, 3.8) is 0 Å². The molecule has 0 aromatic carbocycles. The standard InChI is InChI=1S/C12H15N3O/c1-9-12(2,5-7-16-9)15-11-10(8-13)4-3-6-14-11/h3-4,6,9H,5,7H2,1-2H3,(H,14,15). The summed E-state index contributed by atoms with van der Waals surface area (Å²) in [4.78, 5) is 4.20. The van der Waals surface area contributed by atoms with Crippen molar-refractivity contribution in [3.8, 4) is 6.07 Å². The van der Waals surface area contributed by atoms with Crippen molar-refractivity contribution >= 4 is 5.82 Å². The Morgan fingerprint density at radius 2 is 2.50 bits per heavy atom. The first kappa shape index (κ1) is 10.9. The average Bonchev–Trinajstić information content (AvgIpc) is 2.60. The molecule has 4 heteroatoms. The van der Waals surface area contributed by atoms with Gasteiger partial charge in [0.15, 0.2) is 0 Å². The highest BCUT2D eigenvalue weighted by Crippen LogP contribution is 2.29. The van der Waals surface area contributed by atoms with Gasteiger partial charge in [-0.05, 0) is 32.4 Å². The summed E-state index contributed by atoms with van der Waals surface area (Å²) in [6, 6.07) is 5.66. The zero-order valence-corrected chi connectivity index (χ0v) is 9.53. The molecule has 4 nitrogen and oxygen atoms in total. The molecule has 0 bridgehead atoms. The van der Waals surface area contributed by atoms with E-state index in [0.717, 1.165) is 13.0 Å². The molecule has 1 aromatic rings. The number of pyridine rings is 1. The molecular weight excluding hydrogens is 202 g/mol. The van der Waals surface area contributed by atoms with Gasteiger partial charge in [-0.25, -0.2) is 4.98 Å². The van der Waals surface area contributed by atoms with E-state index in [9.17, 15) is 0 Å². The van der Waals surface area contributed by atoms with Crippen LogP contribution in [0.3, 0.4) is 0 Å². The van der Waals surface area contributed by atoms with Gasteiger partial charge in [0.1, 0.15) is 11.9 Å². The van der Waals surface area contributed by atoms with Crippen molar-refractivity contribution in [2.24, 2.45) is 0 Å². The number of anilines is 1. The van der Waals surface area contributed by atoms with Crippen molar-refractivity contribution in [2.45, 2.75) is 31.9 Å². The molecule has 16 heavy (non-hydrogen) atoms. The van der Waals surface area contributed by atoms with Crippen LogP contribution in [-0.4, -0.2) is 23.2 Å². The number of hydrogen-bond acceptors (Lipinski definition) is 4. The summed E-state index contributed by atoms with van der Waals surface area (Å²) in [5.74, 6) is 0.643. The molecule has 2 unspecified atom stereocenters. The molecule has 1 aliphatic rings. The summed E-state index contributed by atoms with van der Waals surface area (Å²) in [6.45, 7) is 4.88. The van der Waals surface area contributed by atoms with Crippen LogP contribution in [0.2, 0.25) is 0 Å². The molecule has 84 valence electrons. The van der Waals surface area contributed by atoms with Crippen molar-refractivity contribution in [2.75, 3.05) is 11.9 Å². The SMILES string of the molecule is CC1OCCC1(C)Nc1ncccc1C#N. The Morgan fingerprint density at radius 1 is 1.69 bits per heavy atom. The minimum atomic E-state index is -0.139. The molecule has 0 amide bonds. The molecule has 0 spiro atoms. The Hall–Kier alpha value is -1.60. The van der Waals surface area contributed by atoms with Gasteiger partial charge in [-0.2, -0.15) is 5.26 Å². The molecule has 1 aliphatic heterocycles. The van der Waals surface area contributed by atoms with Crippen LogP contribution < -0.4 is 5.32 Å². The van der Waals surface area contributed by atoms with Gasteiger partial charge in [0.2, 0.25) is 0 Å². The minimum absolute atomic E-state index is 0.126. The highest BCUT2D eigenvalue weighted by atomic mass is 16.5. The van der Waals surface area contributed by atoms with Gasteiger partial charge in [0.05, 0.1) is 17.2 Å². The van der Waals surface area contributed by atoms with Crippen molar-refractivity contribution < 1.29 is 4.74 Å². The number of aromatic nitrogens is 1. The number of nitriles is 1. The summed E-state index contributed by atoms with van der Waals surface area (Å²) in [5.41, 5.74) is 0.433. The van der Waals surface area contributed by atoms with Crippen LogP contribution in [0.25, 0.3) is 0 Å². The first-order chi connectivity index (χ1) is 7.65. The van der Waals surface area contributed by atoms with E-state index in [2.05, 4.69) is 23.3 Å². The van der Waals surface area contributed by atoms with Gasteiger partial charge in [-0.1, -0.05) is 0 Å². The normalized spacial score (nSPS) is 28.7. The van der Waals surface area contributed by atoms with E-state index in [1.54, 1.807) is 18.3 Å². The van der Waals surface area contributed by atoms with E-state index >= 15 is 0 Å². The summed E-state index contributed by atoms with van der Waals surface area (Å²) in [6.07, 6.45) is 2.74. The van der Waals surface area contributed by atoms with Crippen LogP contribution in [0.5, 0.6) is 0 Å². The van der Waals surface area contributed by atoms with Crippen LogP contribution >= 0.6 is 0 Å². The van der Waals surface area contributed by atoms with Gasteiger partial charge in [-0.3, -0.25) is 0 Å². The predicted octanol–water partition coefficient (Wildman–Crippen LogP) is 1.93. The van der Waals surface area contributed by atoms with E-state index in [1.165, 1.54) is 0 Å². The molecule has 0 radical (unpaired) electrons. The quantitative estimate of drug-likeness (QED) is 0.822. The third-order valence-corrected chi connectivity index (χ3v) is 3.22. The highest BCUT2D eigenvalue weighted by molar-refractivity contribution is 5.53. The van der Waals surface area contributed by atoms with E-state index in [4.69, 9.17) is 10.00 Å². The smallest absolute Gasteiger partial charge is 0.144 e. The monoisotopic (exact) mass is 217 g/mol. The lowest BCUT2D eigenvalue weighted by Crippen LogP contribution is -2.41. The maximum absolute atomic E-state index is 8.98. The van der Waals surface area contributed by atoms with Crippen molar-refractivity contribution in [1.29, 1.82) is 5.26 Å². The van der Waals surface area contributed by atoms with Gasteiger partial charge >= 0.3 is 0 Å². The lowest BCUT2D eigenvalue weighted by Gasteiger charge is -2.29. The lowest BCUT2D eigenvalue weighted by molar-refractivity contribution is 0.105. The molecule has 2 heterocycles. The van der Waals surface area contributed by atoms with Crippen LogP contribution in [0.4, 0.5) is 5.82 Å². The van der Waals surface area contributed by atoms with Crippen molar-refractivity contribution in [1.82, 2.24) is 4.98 Å². The molecular formula is C12H15N3O. The predicted molar refractivity (Wildman–Crippen MR) is 61.0 cm³/mol. The Labute approximate surface area is 95.3 Å². The summed E-state index contributed by atoms with van der Waals surface area (Å²) >= 11 is 0. The van der Waals surface area contributed by atoms with E-state index in [-0.39, 0.29) is 11.6 Å². The third kappa shape index (κ3) is 1.86. The minimum Gasteiger partial charge on any atom is -0.376 e. The first-order valence-corrected chi connectivity index (χ1v) is 5.40. The molecule has 1 saturated heterocycles. The topological polar surface area (TPSA) is 57.9 Å². The second kappa shape index (κ2) is 4.11. The summed E-state index contributed by atoms with van der Waals surface area (Å²) in [7, 11) is 0. The van der Waals surface area contributed by atoms with Crippen LogP contribution in [0.15, 0.2) is 18.3 Å². The first-order valence-electron chi connectivity index (χ1n) is 5.40. The maximum atomic E-state index is 8.98. The molecule has 2 atom stereocenters. The van der Waals surface area contributed by atoms with Crippen LogP contribution in [0.1, 0.15) is 25.8 Å². The molecule has 0 aliphatic carbocycles. The molecule has 1 N–H and O–H groups in total. The summed E-state index contributed by atoms with van der Waals surface area (Å²) < 4.78 is 5.54. The van der Waals surface area contributed by atoms with Gasteiger partial charge in [0, 0.05) is 12.8 Å². The number of ether oxygens (including phenoxy) is 1. The van der Waals surface area contributed by atoms with Gasteiger partial charge in [-0.15, -0.1) is 0 Å². The Kier molecular flexibility index (Phi) is 2.80. The zero-order chi connectivity index (χ0) is 11.6. The van der Waals surface area contributed by atoms with Gasteiger partial charge < -0.3 is 10.1 Å². The van der Waals surface area contributed by atoms with E-state index in [1.807, 2.05) is 6.92 Å². The summed E-state index contributed by atoms with van der Waals surface area (Å²) in [5, 5.41) is 12.3. The Morgan fingerprint density at radius 3 is 3.12 bits per heavy atom. The molecule has 1 fully saturated rings. The third-order valence-electron chi connectivity index (χ3n) is 3.22. The molecule has 1 aromatic heterocycles. The fourth-order valence-corrected chi connectivity index (χ4v) is 1.86. The molecule has 0 saturated carbocycles. The van der Waals surface area contributed by atoms with E-state index < -0.39 is 0 Å². The second-order valence-corrected chi connectivity index (χ2v) is 4.32. The molecule has 2 rings (SSSR count). The lowest BCUT2D eigenvalue weighted by atomic mass is 9.94. The Bertz CT molecular complexity index is 427. The van der Waals surface area contributed by atoms with Gasteiger partial charge in [0.25, 0.3) is 0 Å². The van der Waals surface area contributed by atoms with Crippen LogP contribution in [-0.2, 0) is 4.74 Å². The van der Waals surface area contributed by atoms with Crippen LogP contribution in [0, 0.1) is 11.3 Å². The van der Waals surface area contributed by atoms with Crippen molar-refractivity contribution in [3.05, 3.63) is 23.9 Å². The van der Waals surface area contributed by atoms with E-state index in [0.29, 0.717) is 11.4 Å². The number of nitrogens with one attached hydrogen (secondary N) is 1. The average molecular weight is 217 g/mol. The fourth-order valence-electron chi connectivity index (χ4n) is 1.86. The zero-order valence-electron chi connectivity index (χ0n) is 9.53. The second-order valence-electron chi connectivity index (χ2n) is 4.32. The Balaban J connectivity index is 2.24. The maximum Gasteiger partial charge on any atom is 0.144 e. The largest absolute Gasteiger partial charge is 0.376 e. The number of nitrogens with zero attached hydrogens (tertiary/aromatic N) is 2.